The quantitative estimate of drug-likeness (QED) is 0.755. The molecule has 1 heterocycles. The van der Waals surface area contributed by atoms with E-state index < -0.39 is 0 Å². The molecule has 0 atom stereocenters. The summed E-state index contributed by atoms with van der Waals surface area (Å²) < 4.78 is 0. The summed E-state index contributed by atoms with van der Waals surface area (Å²) in [5.41, 5.74) is 4.04. The fraction of sp³-hybridized carbons (Fsp3) is 0.267. The van der Waals surface area contributed by atoms with Gasteiger partial charge in [-0.2, -0.15) is 0 Å². The van der Waals surface area contributed by atoms with Gasteiger partial charge in [0.1, 0.15) is 0 Å². The normalized spacial score (nSPS) is 10.5. The number of nitrogens with zero attached hydrogens (tertiary/aromatic N) is 2. The van der Waals surface area contributed by atoms with Crippen molar-refractivity contribution in [3.8, 4) is 0 Å². The first kappa shape index (κ1) is 14.2. The molecule has 1 aromatic heterocycles. The summed E-state index contributed by atoms with van der Waals surface area (Å²) in [6.45, 7) is 2.72. The van der Waals surface area contributed by atoms with Crippen molar-refractivity contribution in [2.24, 2.45) is 0 Å². The molecule has 19 heavy (non-hydrogen) atoms. The van der Waals surface area contributed by atoms with E-state index in [0.29, 0.717) is 11.8 Å². The zero-order chi connectivity index (χ0) is 13.7. The third-order valence-electron chi connectivity index (χ3n) is 2.82. The minimum atomic E-state index is 0.415. The van der Waals surface area contributed by atoms with Crippen molar-refractivity contribution >= 4 is 34.6 Å². The average Bonchev–Trinajstić information content (AvgIpc) is 2.45. The van der Waals surface area contributed by atoms with Crippen LogP contribution in [0.2, 0.25) is 0 Å². The highest BCUT2D eigenvalue weighted by molar-refractivity contribution is 6.18. The molecule has 0 aliphatic rings. The molecule has 1 aromatic carbocycles. The predicted molar refractivity (Wildman–Crippen MR) is 82.7 cm³/mol. The third kappa shape index (κ3) is 3.62. The van der Waals surface area contributed by atoms with E-state index in [4.69, 9.17) is 23.2 Å². The average molecular weight is 295 g/mol. The van der Waals surface area contributed by atoms with Gasteiger partial charge in [0.15, 0.2) is 0 Å². The summed E-state index contributed by atoms with van der Waals surface area (Å²) in [4.78, 5) is 6.58. The molecule has 0 aliphatic carbocycles. The van der Waals surface area contributed by atoms with Gasteiger partial charge in [0, 0.05) is 29.5 Å². The number of halogens is 2. The number of aryl methyl sites for hydroxylation is 1. The van der Waals surface area contributed by atoms with Crippen molar-refractivity contribution < 1.29 is 0 Å². The Morgan fingerprint density at radius 2 is 1.79 bits per heavy atom. The van der Waals surface area contributed by atoms with E-state index >= 15 is 0 Å². The molecular formula is C15H16Cl2N2. The van der Waals surface area contributed by atoms with Crippen LogP contribution in [0.3, 0.4) is 0 Å². The fourth-order valence-corrected chi connectivity index (χ4v) is 2.35. The van der Waals surface area contributed by atoms with Crippen molar-refractivity contribution in [1.29, 1.82) is 0 Å². The summed E-state index contributed by atoms with van der Waals surface area (Å²) in [5, 5.41) is 0. The lowest BCUT2D eigenvalue weighted by molar-refractivity contribution is 1.01. The number of rotatable bonds is 5. The Hall–Kier alpha value is -1.25. The summed E-state index contributed by atoms with van der Waals surface area (Å²) in [5.74, 6) is 0.977. The number of aromatic nitrogens is 1. The predicted octanol–water partition coefficient (Wildman–Crippen LogP) is 4.51. The fourth-order valence-electron chi connectivity index (χ4n) is 2.04. The summed E-state index contributed by atoms with van der Waals surface area (Å²) in [7, 11) is 0. The Balaban J connectivity index is 2.41. The van der Waals surface area contributed by atoms with Crippen LogP contribution in [-0.2, 0) is 5.88 Å². The Kier molecular flexibility index (Phi) is 5.06. The third-order valence-corrected chi connectivity index (χ3v) is 3.26. The van der Waals surface area contributed by atoms with Crippen molar-refractivity contribution in [3.05, 3.63) is 53.9 Å². The Bertz CT molecular complexity index is 529. The molecule has 0 radical (unpaired) electrons. The van der Waals surface area contributed by atoms with Crippen LogP contribution in [0.1, 0.15) is 11.4 Å². The number of anilines is 2. The molecular weight excluding hydrogens is 279 g/mol. The molecule has 0 spiro atoms. The van der Waals surface area contributed by atoms with Crippen LogP contribution in [0.25, 0.3) is 0 Å². The number of pyridine rings is 1. The maximum absolute atomic E-state index is 5.93. The second kappa shape index (κ2) is 6.78. The van der Waals surface area contributed by atoms with E-state index in [1.54, 1.807) is 0 Å². The summed E-state index contributed by atoms with van der Waals surface area (Å²) in [6, 6.07) is 14.3. The molecule has 0 fully saturated rings. The highest BCUT2D eigenvalue weighted by Crippen LogP contribution is 2.26. The van der Waals surface area contributed by atoms with E-state index in [2.05, 4.69) is 28.1 Å². The van der Waals surface area contributed by atoms with Gasteiger partial charge in [0.25, 0.3) is 0 Å². The van der Waals surface area contributed by atoms with Gasteiger partial charge in [-0.15, -0.1) is 23.2 Å². The lowest BCUT2D eigenvalue weighted by Crippen LogP contribution is -2.20. The van der Waals surface area contributed by atoms with Crippen molar-refractivity contribution in [1.82, 2.24) is 4.98 Å². The number of benzene rings is 1. The van der Waals surface area contributed by atoms with Crippen molar-refractivity contribution in [2.75, 3.05) is 17.3 Å². The Morgan fingerprint density at radius 3 is 2.42 bits per heavy atom. The minimum Gasteiger partial charge on any atom is -0.340 e. The molecule has 0 saturated carbocycles. The van der Waals surface area contributed by atoms with Crippen molar-refractivity contribution in [2.45, 2.75) is 12.8 Å². The van der Waals surface area contributed by atoms with E-state index in [9.17, 15) is 0 Å². The Labute approximate surface area is 124 Å². The second-order valence-electron chi connectivity index (χ2n) is 4.27. The maximum atomic E-state index is 5.93. The van der Waals surface area contributed by atoms with E-state index in [-0.39, 0.29) is 0 Å². The SMILES string of the molecule is Cc1cc(N(CCCl)c2ccccc2)cc(CCl)n1. The molecule has 0 unspecified atom stereocenters. The van der Waals surface area contributed by atoms with Gasteiger partial charge < -0.3 is 4.90 Å². The molecule has 0 amide bonds. The largest absolute Gasteiger partial charge is 0.340 e. The molecule has 2 rings (SSSR count). The van der Waals surface area contributed by atoms with Crippen LogP contribution in [0, 0.1) is 6.92 Å². The van der Waals surface area contributed by atoms with E-state index in [0.717, 1.165) is 29.3 Å². The molecule has 0 bridgehead atoms. The van der Waals surface area contributed by atoms with Gasteiger partial charge in [0.2, 0.25) is 0 Å². The lowest BCUT2D eigenvalue weighted by Gasteiger charge is -2.24. The molecule has 0 aliphatic heterocycles. The molecule has 2 nitrogen and oxygen atoms in total. The monoisotopic (exact) mass is 294 g/mol. The first-order valence-corrected chi connectivity index (χ1v) is 7.23. The van der Waals surface area contributed by atoms with Gasteiger partial charge in [-0.05, 0) is 31.2 Å². The number of hydrogen-bond acceptors (Lipinski definition) is 2. The van der Waals surface area contributed by atoms with Crippen LogP contribution < -0.4 is 4.90 Å². The summed E-state index contributed by atoms with van der Waals surface area (Å²) in [6.07, 6.45) is 0. The zero-order valence-corrected chi connectivity index (χ0v) is 12.3. The van der Waals surface area contributed by atoms with E-state index in [1.807, 2.05) is 31.2 Å². The van der Waals surface area contributed by atoms with Gasteiger partial charge >= 0.3 is 0 Å². The van der Waals surface area contributed by atoms with Gasteiger partial charge in [-0.3, -0.25) is 4.98 Å². The van der Waals surface area contributed by atoms with Gasteiger partial charge in [0.05, 0.1) is 11.6 Å². The summed E-state index contributed by atoms with van der Waals surface area (Å²) >= 11 is 11.8. The standard InChI is InChI=1S/C15H16Cl2N2/c1-12-9-15(10-13(11-17)18-12)19(8-7-16)14-5-3-2-4-6-14/h2-6,9-10H,7-8,11H2,1H3. The molecule has 0 N–H and O–H groups in total. The second-order valence-corrected chi connectivity index (χ2v) is 4.91. The number of para-hydroxylation sites is 1. The van der Waals surface area contributed by atoms with Crippen LogP contribution >= 0.6 is 23.2 Å². The molecule has 100 valence electrons. The highest BCUT2D eigenvalue weighted by atomic mass is 35.5. The van der Waals surface area contributed by atoms with Crippen LogP contribution in [-0.4, -0.2) is 17.4 Å². The minimum absolute atomic E-state index is 0.415. The topological polar surface area (TPSA) is 16.1 Å². The van der Waals surface area contributed by atoms with Crippen molar-refractivity contribution in [3.63, 3.8) is 0 Å². The first-order valence-electron chi connectivity index (χ1n) is 6.16. The van der Waals surface area contributed by atoms with Crippen LogP contribution in [0.5, 0.6) is 0 Å². The number of hydrogen-bond donors (Lipinski definition) is 0. The smallest absolute Gasteiger partial charge is 0.0648 e. The van der Waals surface area contributed by atoms with Crippen LogP contribution in [0.15, 0.2) is 42.5 Å². The Morgan fingerprint density at radius 1 is 1.05 bits per heavy atom. The highest BCUT2D eigenvalue weighted by Gasteiger charge is 2.10. The van der Waals surface area contributed by atoms with Crippen LogP contribution in [0.4, 0.5) is 11.4 Å². The zero-order valence-electron chi connectivity index (χ0n) is 10.8. The molecule has 0 saturated heterocycles. The van der Waals surface area contributed by atoms with Gasteiger partial charge in [-0.25, -0.2) is 0 Å². The lowest BCUT2D eigenvalue weighted by atomic mass is 10.2. The maximum Gasteiger partial charge on any atom is 0.0648 e. The van der Waals surface area contributed by atoms with Gasteiger partial charge in [-0.1, -0.05) is 18.2 Å². The van der Waals surface area contributed by atoms with E-state index in [1.165, 1.54) is 0 Å². The molecule has 4 heteroatoms. The number of alkyl halides is 2. The first-order chi connectivity index (χ1) is 9.24. The molecule has 2 aromatic rings.